The second-order valence-corrected chi connectivity index (χ2v) is 8.11. The van der Waals surface area contributed by atoms with Crippen molar-refractivity contribution in [1.82, 2.24) is 5.43 Å². The van der Waals surface area contributed by atoms with Crippen molar-refractivity contribution in [3.63, 3.8) is 0 Å². The van der Waals surface area contributed by atoms with E-state index in [9.17, 15) is 4.79 Å². The van der Waals surface area contributed by atoms with E-state index >= 15 is 0 Å². The molecule has 3 aromatic rings. The van der Waals surface area contributed by atoms with E-state index in [0.29, 0.717) is 26.9 Å². The van der Waals surface area contributed by atoms with E-state index in [1.807, 2.05) is 6.07 Å². The van der Waals surface area contributed by atoms with Crippen LogP contribution >= 0.6 is 51.3 Å². The van der Waals surface area contributed by atoms with E-state index < -0.39 is 5.97 Å². The van der Waals surface area contributed by atoms with Gasteiger partial charge in [-0.05, 0) is 72.9 Å². The van der Waals surface area contributed by atoms with Gasteiger partial charge in [0.1, 0.15) is 5.75 Å². The van der Waals surface area contributed by atoms with Crippen LogP contribution in [0.1, 0.15) is 15.9 Å². The molecule has 3 rings (SSSR count). The Balaban J connectivity index is 1.67. The van der Waals surface area contributed by atoms with Gasteiger partial charge in [-0.1, -0.05) is 45.2 Å². The molecule has 3 aromatic carbocycles. The van der Waals surface area contributed by atoms with Crippen LogP contribution in [0.3, 0.4) is 0 Å². The van der Waals surface area contributed by atoms with Gasteiger partial charge in [-0.2, -0.15) is 5.10 Å². The molecule has 0 aromatic heterocycles. The molecule has 9 heteroatoms. The van der Waals surface area contributed by atoms with Gasteiger partial charge in [-0.15, -0.1) is 0 Å². The maximum atomic E-state index is 12.4. The number of hydrazone groups is 1. The first-order chi connectivity index (χ1) is 14.4. The summed E-state index contributed by atoms with van der Waals surface area (Å²) in [5.41, 5.74) is 4.40. The average Bonchev–Trinajstić information content (AvgIpc) is 2.70. The van der Waals surface area contributed by atoms with E-state index in [0.717, 1.165) is 10.2 Å². The van der Waals surface area contributed by atoms with Crippen molar-refractivity contribution in [3.05, 3.63) is 92.4 Å². The SMILES string of the molecule is O=C(Oc1ccc(Br)cc1/C=N\NC(=S)Nc1cccc(Cl)c1)c1ccc(Cl)cc1. The highest BCUT2D eigenvalue weighted by atomic mass is 79.9. The van der Waals surface area contributed by atoms with Crippen molar-refractivity contribution in [3.8, 4) is 5.75 Å². The minimum Gasteiger partial charge on any atom is -0.422 e. The summed E-state index contributed by atoms with van der Waals surface area (Å²) < 4.78 is 6.31. The number of anilines is 1. The number of ether oxygens (including phenoxy) is 1. The van der Waals surface area contributed by atoms with Gasteiger partial charge in [0.25, 0.3) is 0 Å². The van der Waals surface area contributed by atoms with E-state index in [1.54, 1.807) is 60.7 Å². The second kappa shape index (κ2) is 10.5. The average molecular weight is 523 g/mol. The lowest BCUT2D eigenvalue weighted by Gasteiger charge is -2.09. The summed E-state index contributed by atoms with van der Waals surface area (Å²) in [6.07, 6.45) is 1.50. The van der Waals surface area contributed by atoms with Gasteiger partial charge < -0.3 is 10.1 Å². The molecular weight excluding hydrogens is 509 g/mol. The summed E-state index contributed by atoms with van der Waals surface area (Å²) in [4.78, 5) is 12.4. The molecule has 0 bridgehead atoms. The quantitative estimate of drug-likeness (QED) is 0.135. The third-order valence-corrected chi connectivity index (χ3v) is 4.88. The number of rotatable bonds is 5. The van der Waals surface area contributed by atoms with Gasteiger partial charge in [0.05, 0.1) is 11.8 Å². The van der Waals surface area contributed by atoms with Crippen molar-refractivity contribution in [2.45, 2.75) is 0 Å². The summed E-state index contributed by atoms with van der Waals surface area (Å²) in [6, 6.07) is 18.8. The van der Waals surface area contributed by atoms with E-state index in [1.165, 1.54) is 6.21 Å². The lowest BCUT2D eigenvalue weighted by Crippen LogP contribution is -2.23. The van der Waals surface area contributed by atoms with Crippen LogP contribution in [-0.2, 0) is 0 Å². The fourth-order valence-corrected chi connectivity index (χ4v) is 3.21. The van der Waals surface area contributed by atoms with Gasteiger partial charge in [0, 0.05) is 25.8 Å². The summed E-state index contributed by atoms with van der Waals surface area (Å²) in [5, 5.41) is 8.49. The summed E-state index contributed by atoms with van der Waals surface area (Å²) in [7, 11) is 0. The second-order valence-electron chi connectivity index (χ2n) is 5.91. The summed E-state index contributed by atoms with van der Waals surface area (Å²) in [6.45, 7) is 0. The van der Waals surface area contributed by atoms with Gasteiger partial charge in [-0.25, -0.2) is 4.79 Å². The molecule has 0 aliphatic rings. The lowest BCUT2D eigenvalue weighted by molar-refractivity contribution is 0.0734. The minimum atomic E-state index is -0.505. The van der Waals surface area contributed by atoms with Crippen LogP contribution in [0.2, 0.25) is 10.0 Å². The number of benzene rings is 3. The first-order valence-corrected chi connectivity index (χ1v) is 10.5. The molecule has 0 fully saturated rings. The molecule has 0 heterocycles. The predicted octanol–water partition coefficient (Wildman–Crippen LogP) is 6.30. The first-order valence-electron chi connectivity index (χ1n) is 8.53. The standard InChI is InChI=1S/C21H14BrCl2N3O2S/c22-15-6-9-19(29-20(28)13-4-7-16(23)8-5-13)14(10-15)12-25-27-21(30)26-18-3-1-2-17(24)11-18/h1-12H,(H2,26,27,30)/b25-12-. The highest BCUT2D eigenvalue weighted by Crippen LogP contribution is 2.23. The van der Waals surface area contributed by atoms with Gasteiger partial charge in [-0.3, -0.25) is 5.43 Å². The third kappa shape index (κ3) is 6.53. The Hall–Kier alpha value is -2.45. The number of carbonyl (C=O) groups is 1. The Morgan fingerprint density at radius 3 is 2.53 bits per heavy atom. The molecule has 0 amide bonds. The molecule has 0 spiro atoms. The number of nitrogens with one attached hydrogen (secondary N) is 2. The van der Waals surface area contributed by atoms with E-state index in [2.05, 4.69) is 31.8 Å². The molecule has 30 heavy (non-hydrogen) atoms. The van der Waals surface area contributed by atoms with Crippen molar-refractivity contribution >= 4 is 74.3 Å². The van der Waals surface area contributed by atoms with Crippen LogP contribution in [0.5, 0.6) is 5.75 Å². The molecule has 0 atom stereocenters. The smallest absolute Gasteiger partial charge is 0.343 e. The molecule has 2 N–H and O–H groups in total. The van der Waals surface area contributed by atoms with Crippen molar-refractivity contribution < 1.29 is 9.53 Å². The van der Waals surface area contributed by atoms with Crippen LogP contribution in [-0.4, -0.2) is 17.3 Å². The topological polar surface area (TPSA) is 62.7 Å². The number of carbonyl (C=O) groups excluding carboxylic acids is 1. The maximum Gasteiger partial charge on any atom is 0.343 e. The summed E-state index contributed by atoms with van der Waals surface area (Å²) >= 11 is 20.4. The lowest BCUT2D eigenvalue weighted by atomic mass is 10.2. The molecule has 0 aliphatic carbocycles. The highest BCUT2D eigenvalue weighted by molar-refractivity contribution is 9.10. The fraction of sp³-hybridized carbons (Fsp3) is 0. The van der Waals surface area contributed by atoms with Crippen LogP contribution in [0.4, 0.5) is 5.69 Å². The van der Waals surface area contributed by atoms with Gasteiger partial charge in [0.2, 0.25) is 0 Å². The molecule has 0 unspecified atom stereocenters. The normalized spacial score (nSPS) is 10.6. The molecule has 0 aliphatic heterocycles. The van der Waals surface area contributed by atoms with Crippen LogP contribution in [0.25, 0.3) is 0 Å². The minimum absolute atomic E-state index is 0.281. The highest BCUT2D eigenvalue weighted by Gasteiger charge is 2.11. The zero-order chi connectivity index (χ0) is 21.5. The van der Waals surface area contributed by atoms with Crippen molar-refractivity contribution in [1.29, 1.82) is 0 Å². The Morgan fingerprint density at radius 1 is 1.03 bits per heavy atom. The Labute approximate surface area is 197 Å². The van der Waals surface area contributed by atoms with Gasteiger partial charge >= 0.3 is 5.97 Å². The maximum absolute atomic E-state index is 12.4. The molecular formula is C21H14BrCl2N3O2S. The summed E-state index contributed by atoms with van der Waals surface area (Å²) in [5.74, 6) is -0.160. The Kier molecular flexibility index (Phi) is 7.81. The molecule has 5 nitrogen and oxygen atoms in total. The van der Waals surface area contributed by atoms with Crippen LogP contribution in [0, 0.1) is 0 Å². The number of halogens is 3. The van der Waals surface area contributed by atoms with Crippen LogP contribution < -0.4 is 15.5 Å². The molecule has 0 radical (unpaired) electrons. The molecule has 0 saturated carbocycles. The number of hydrogen-bond donors (Lipinski definition) is 2. The number of hydrogen-bond acceptors (Lipinski definition) is 4. The van der Waals surface area contributed by atoms with E-state index in [-0.39, 0.29) is 5.11 Å². The number of nitrogens with zero attached hydrogens (tertiary/aromatic N) is 1. The van der Waals surface area contributed by atoms with Crippen LogP contribution in [0.15, 0.2) is 76.3 Å². The van der Waals surface area contributed by atoms with E-state index in [4.69, 9.17) is 40.2 Å². The number of thiocarbonyl (C=S) groups is 1. The molecule has 0 saturated heterocycles. The van der Waals surface area contributed by atoms with Crippen molar-refractivity contribution in [2.75, 3.05) is 5.32 Å². The first kappa shape index (κ1) is 22.2. The monoisotopic (exact) mass is 521 g/mol. The zero-order valence-corrected chi connectivity index (χ0v) is 19.1. The van der Waals surface area contributed by atoms with Gasteiger partial charge in [0.15, 0.2) is 5.11 Å². The zero-order valence-electron chi connectivity index (χ0n) is 15.2. The number of esters is 1. The Bertz CT molecular complexity index is 1110. The predicted molar refractivity (Wildman–Crippen MR) is 129 cm³/mol. The third-order valence-electron chi connectivity index (χ3n) is 3.71. The van der Waals surface area contributed by atoms with Crippen molar-refractivity contribution in [2.24, 2.45) is 5.10 Å². The molecule has 152 valence electrons. The fourth-order valence-electron chi connectivity index (χ4n) is 2.34. The largest absolute Gasteiger partial charge is 0.422 e. The Morgan fingerprint density at radius 2 is 1.80 bits per heavy atom.